The third-order valence-electron chi connectivity index (χ3n) is 3.80. The highest BCUT2D eigenvalue weighted by atomic mass is 35.5. The van der Waals surface area contributed by atoms with Gasteiger partial charge in [0.1, 0.15) is 5.56 Å². The summed E-state index contributed by atoms with van der Waals surface area (Å²) in [7, 11) is 0. The second kappa shape index (κ2) is 6.35. The van der Waals surface area contributed by atoms with Crippen LogP contribution in [0, 0.1) is 5.92 Å². The van der Waals surface area contributed by atoms with Crippen molar-refractivity contribution in [1.29, 1.82) is 0 Å². The van der Waals surface area contributed by atoms with Gasteiger partial charge in [-0.2, -0.15) is 0 Å². The van der Waals surface area contributed by atoms with Crippen LogP contribution in [0.15, 0.2) is 18.2 Å². The largest absolute Gasteiger partial charge is 0.478 e. The summed E-state index contributed by atoms with van der Waals surface area (Å²) in [5.41, 5.74) is 0.155. The van der Waals surface area contributed by atoms with E-state index in [-0.39, 0.29) is 28.3 Å². The SMILES string of the molecule is CC(C)C1CCCN1C(=O)Nc1cccc(Cl)c1C(=O)O. The molecular formula is C15H19ClN2O3. The fourth-order valence-corrected chi connectivity index (χ4v) is 3.03. The van der Waals surface area contributed by atoms with Crippen LogP contribution in [0.3, 0.4) is 0 Å². The fraction of sp³-hybridized carbons (Fsp3) is 0.467. The minimum atomic E-state index is -1.15. The highest BCUT2D eigenvalue weighted by molar-refractivity contribution is 6.34. The van der Waals surface area contributed by atoms with Crippen molar-refractivity contribution in [3.63, 3.8) is 0 Å². The van der Waals surface area contributed by atoms with Gasteiger partial charge in [0.25, 0.3) is 0 Å². The van der Waals surface area contributed by atoms with Crippen LogP contribution in [0.5, 0.6) is 0 Å². The molecule has 5 nitrogen and oxygen atoms in total. The van der Waals surface area contributed by atoms with Crippen LogP contribution in [0.25, 0.3) is 0 Å². The molecule has 6 heteroatoms. The Morgan fingerprint density at radius 2 is 2.14 bits per heavy atom. The van der Waals surface area contributed by atoms with E-state index in [4.69, 9.17) is 11.6 Å². The van der Waals surface area contributed by atoms with Crippen LogP contribution >= 0.6 is 11.6 Å². The zero-order valence-corrected chi connectivity index (χ0v) is 12.9. The second-order valence-electron chi connectivity index (χ2n) is 5.54. The molecule has 0 aliphatic carbocycles. The normalized spacial score (nSPS) is 18.1. The second-order valence-corrected chi connectivity index (χ2v) is 5.95. The summed E-state index contributed by atoms with van der Waals surface area (Å²) in [5.74, 6) is -0.783. The van der Waals surface area contributed by atoms with E-state index < -0.39 is 5.97 Å². The number of anilines is 1. The van der Waals surface area contributed by atoms with E-state index in [1.54, 1.807) is 17.0 Å². The lowest BCUT2D eigenvalue weighted by atomic mass is 10.0. The van der Waals surface area contributed by atoms with Gasteiger partial charge in [0, 0.05) is 12.6 Å². The van der Waals surface area contributed by atoms with Crippen LogP contribution in [-0.2, 0) is 0 Å². The number of carbonyl (C=O) groups excluding carboxylic acids is 1. The van der Waals surface area contributed by atoms with Gasteiger partial charge in [-0.1, -0.05) is 31.5 Å². The lowest BCUT2D eigenvalue weighted by molar-refractivity contribution is 0.0698. The highest BCUT2D eigenvalue weighted by Gasteiger charge is 2.31. The summed E-state index contributed by atoms with van der Waals surface area (Å²) in [6.45, 7) is 4.86. The maximum absolute atomic E-state index is 12.4. The average Bonchev–Trinajstić information content (AvgIpc) is 2.87. The highest BCUT2D eigenvalue weighted by Crippen LogP contribution is 2.27. The minimum absolute atomic E-state index is 0.0761. The van der Waals surface area contributed by atoms with Crippen molar-refractivity contribution in [3.8, 4) is 0 Å². The van der Waals surface area contributed by atoms with Crippen molar-refractivity contribution >= 4 is 29.3 Å². The van der Waals surface area contributed by atoms with Crippen molar-refractivity contribution in [3.05, 3.63) is 28.8 Å². The lowest BCUT2D eigenvalue weighted by Gasteiger charge is -2.28. The molecule has 1 unspecified atom stereocenters. The number of hydrogen-bond donors (Lipinski definition) is 2. The number of carbonyl (C=O) groups is 2. The van der Waals surface area contributed by atoms with Gasteiger partial charge < -0.3 is 15.3 Å². The number of hydrogen-bond acceptors (Lipinski definition) is 2. The van der Waals surface area contributed by atoms with Crippen LogP contribution in [0.4, 0.5) is 10.5 Å². The number of aromatic carboxylic acids is 1. The average molecular weight is 311 g/mol. The molecule has 1 fully saturated rings. The monoisotopic (exact) mass is 310 g/mol. The topological polar surface area (TPSA) is 69.6 Å². The molecule has 2 amide bonds. The van der Waals surface area contributed by atoms with Crippen LogP contribution in [0.1, 0.15) is 37.0 Å². The number of rotatable bonds is 3. The van der Waals surface area contributed by atoms with E-state index in [1.807, 2.05) is 0 Å². The molecule has 21 heavy (non-hydrogen) atoms. The first-order valence-electron chi connectivity index (χ1n) is 7.01. The van der Waals surface area contributed by atoms with Crippen molar-refractivity contribution < 1.29 is 14.7 Å². The standard InChI is InChI=1S/C15H19ClN2O3/c1-9(2)12-7-4-8-18(12)15(21)17-11-6-3-5-10(16)13(11)14(19)20/h3,5-6,9,12H,4,7-8H2,1-2H3,(H,17,21)(H,19,20). The first kappa shape index (κ1) is 15.6. The van der Waals surface area contributed by atoms with Crippen molar-refractivity contribution in [2.45, 2.75) is 32.7 Å². The van der Waals surface area contributed by atoms with Crippen LogP contribution in [0.2, 0.25) is 5.02 Å². The first-order valence-corrected chi connectivity index (χ1v) is 7.39. The van der Waals surface area contributed by atoms with Crippen molar-refractivity contribution in [1.82, 2.24) is 4.90 Å². The third-order valence-corrected chi connectivity index (χ3v) is 4.11. The molecule has 1 aromatic rings. The quantitative estimate of drug-likeness (QED) is 0.894. The van der Waals surface area contributed by atoms with Gasteiger partial charge in [0.2, 0.25) is 0 Å². The molecular weight excluding hydrogens is 292 g/mol. The molecule has 0 aromatic heterocycles. The summed E-state index contributed by atoms with van der Waals surface area (Å²) < 4.78 is 0. The molecule has 0 saturated carbocycles. The molecule has 1 aliphatic rings. The predicted molar refractivity (Wildman–Crippen MR) is 82.0 cm³/mol. The molecule has 1 aliphatic heterocycles. The van der Waals surface area contributed by atoms with Crippen LogP contribution in [-0.4, -0.2) is 34.6 Å². The molecule has 0 radical (unpaired) electrons. The fourth-order valence-electron chi connectivity index (χ4n) is 2.77. The molecule has 1 saturated heterocycles. The third kappa shape index (κ3) is 3.29. The predicted octanol–water partition coefficient (Wildman–Crippen LogP) is 3.69. The van der Waals surface area contributed by atoms with E-state index in [1.165, 1.54) is 6.07 Å². The number of benzene rings is 1. The summed E-state index contributed by atoms with van der Waals surface area (Å²) >= 11 is 5.90. The Morgan fingerprint density at radius 3 is 2.76 bits per heavy atom. The summed E-state index contributed by atoms with van der Waals surface area (Å²) in [6, 6.07) is 4.59. The first-order chi connectivity index (χ1) is 9.91. The number of likely N-dealkylation sites (tertiary alicyclic amines) is 1. The molecule has 1 atom stereocenters. The number of halogens is 1. The number of carboxylic acids is 1. The van der Waals surface area contributed by atoms with E-state index in [0.717, 1.165) is 12.8 Å². The summed E-state index contributed by atoms with van der Waals surface area (Å²) in [6.07, 6.45) is 1.95. The van der Waals surface area contributed by atoms with Gasteiger partial charge in [-0.25, -0.2) is 9.59 Å². The molecule has 0 bridgehead atoms. The number of amides is 2. The Labute approximate surface area is 128 Å². The van der Waals surface area contributed by atoms with E-state index >= 15 is 0 Å². The lowest BCUT2D eigenvalue weighted by Crippen LogP contribution is -2.41. The number of urea groups is 1. The van der Waals surface area contributed by atoms with E-state index in [0.29, 0.717) is 12.5 Å². The zero-order valence-electron chi connectivity index (χ0n) is 12.1. The number of nitrogens with one attached hydrogen (secondary N) is 1. The van der Waals surface area contributed by atoms with E-state index in [2.05, 4.69) is 19.2 Å². The molecule has 1 aromatic carbocycles. The Hall–Kier alpha value is -1.75. The molecule has 114 valence electrons. The van der Waals surface area contributed by atoms with Gasteiger partial charge in [0.05, 0.1) is 10.7 Å². The number of nitrogens with zero attached hydrogens (tertiary/aromatic N) is 1. The van der Waals surface area contributed by atoms with Crippen molar-refractivity contribution in [2.75, 3.05) is 11.9 Å². The Kier molecular flexibility index (Phi) is 4.73. The molecule has 2 rings (SSSR count). The summed E-state index contributed by atoms with van der Waals surface area (Å²) in [4.78, 5) is 25.4. The maximum Gasteiger partial charge on any atom is 0.339 e. The summed E-state index contributed by atoms with van der Waals surface area (Å²) in [5, 5.41) is 12.0. The Morgan fingerprint density at radius 1 is 1.43 bits per heavy atom. The zero-order chi connectivity index (χ0) is 15.6. The minimum Gasteiger partial charge on any atom is -0.478 e. The van der Waals surface area contributed by atoms with Crippen LogP contribution < -0.4 is 5.32 Å². The van der Waals surface area contributed by atoms with Gasteiger partial charge in [-0.05, 0) is 30.9 Å². The van der Waals surface area contributed by atoms with E-state index in [9.17, 15) is 14.7 Å². The van der Waals surface area contributed by atoms with Crippen molar-refractivity contribution in [2.24, 2.45) is 5.92 Å². The maximum atomic E-state index is 12.4. The Balaban J connectivity index is 2.21. The Bertz CT molecular complexity index is 560. The molecule has 2 N–H and O–H groups in total. The number of carboxylic acid groups (broad SMARTS) is 1. The van der Waals surface area contributed by atoms with Gasteiger partial charge in [-0.15, -0.1) is 0 Å². The molecule has 1 heterocycles. The smallest absolute Gasteiger partial charge is 0.339 e. The van der Waals surface area contributed by atoms with Gasteiger partial charge in [-0.3, -0.25) is 0 Å². The van der Waals surface area contributed by atoms with Gasteiger partial charge in [0.15, 0.2) is 0 Å². The van der Waals surface area contributed by atoms with Gasteiger partial charge >= 0.3 is 12.0 Å². The molecule has 0 spiro atoms.